The number of nitrogens with zero attached hydrogens (tertiary/aromatic N) is 4. The quantitative estimate of drug-likeness (QED) is 0.289. The molecule has 2 aliphatic heterocycles. The molecule has 4 amide bonds. The average Bonchev–Trinajstić information content (AvgIpc) is 3.38. The number of anilines is 4. The van der Waals surface area contributed by atoms with Crippen LogP contribution in [-0.4, -0.2) is 46.6 Å². The van der Waals surface area contributed by atoms with E-state index < -0.39 is 75.6 Å². The smallest absolute Gasteiger partial charge is 0.334 e. The maximum Gasteiger partial charge on any atom is 0.334 e. The van der Waals surface area contributed by atoms with Crippen LogP contribution in [0.2, 0.25) is 0 Å². The van der Waals surface area contributed by atoms with Gasteiger partial charge in [-0.2, -0.15) is 0 Å². The molecule has 5 aliphatic rings. The molecule has 0 spiro atoms. The molecule has 42 heavy (non-hydrogen) atoms. The number of rotatable bonds is 6. The normalized spacial score (nSPS) is 28.0. The van der Waals surface area contributed by atoms with Crippen LogP contribution in [0.4, 0.5) is 22.7 Å². The number of imide groups is 2. The first-order valence-corrected chi connectivity index (χ1v) is 13.2. The average molecular weight is 577 g/mol. The van der Waals surface area contributed by atoms with Crippen LogP contribution in [0.15, 0.2) is 59.7 Å². The Hall–Kier alpha value is -4.63. The summed E-state index contributed by atoms with van der Waals surface area (Å²) >= 11 is 0. The third kappa shape index (κ3) is 3.56. The molecule has 14 nitrogen and oxygen atoms in total. The van der Waals surface area contributed by atoms with Gasteiger partial charge < -0.3 is 25.6 Å². The Morgan fingerprint density at radius 1 is 0.738 bits per heavy atom. The summed E-state index contributed by atoms with van der Waals surface area (Å²) in [5.74, 6) is -11.1. The van der Waals surface area contributed by atoms with Gasteiger partial charge in [0, 0.05) is 17.4 Å². The lowest BCUT2D eigenvalue weighted by molar-refractivity contribution is -0.147. The van der Waals surface area contributed by atoms with E-state index in [1.165, 1.54) is 48.5 Å². The van der Waals surface area contributed by atoms with Gasteiger partial charge in [0.25, 0.3) is 0 Å². The second-order valence-corrected chi connectivity index (χ2v) is 10.5. The van der Waals surface area contributed by atoms with Crippen molar-refractivity contribution in [3.8, 4) is 0 Å². The summed E-state index contributed by atoms with van der Waals surface area (Å²) in [4.78, 5) is 70.9. The van der Waals surface area contributed by atoms with E-state index >= 15 is 0 Å². The largest absolute Gasteiger partial charge is 0.733 e. The topological polar surface area (TPSA) is 194 Å². The summed E-state index contributed by atoms with van der Waals surface area (Å²) in [5.41, 5.74) is -0.772. The van der Waals surface area contributed by atoms with Crippen molar-refractivity contribution in [3.63, 3.8) is 0 Å². The Morgan fingerprint density at radius 2 is 1.12 bits per heavy atom. The highest BCUT2D eigenvalue weighted by Gasteiger charge is 2.72. The Morgan fingerprint density at radius 3 is 1.50 bits per heavy atom. The first-order chi connectivity index (χ1) is 20.0. The van der Waals surface area contributed by atoms with Crippen molar-refractivity contribution in [1.29, 1.82) is 0 Å². The number of hydrogen-bond donors (Lipinski definition) is 2. The predicted molar refractivity (Wildman–Crippen MR) is 143 cm³/mol. The lowest BCUT2D eigenvalue weighted by atomic mass is 9.49. The number of amides is 4. The monoisotopic (exact) mass is 576 g/mol. The number of ether oxygens (including phenoxy) is 1. The van der Waals surface area contributed by atoms with Crippen molar-refractivity contribution in [2.45, 2.75) is 13.8 Å². The predicted octanol–water partition coefficient (Wildman–Crippen LogP) is 2.12. The van der Waals surface area contributed by atoms with E-state index in [1.54, 1.807) is 13.8 Å². The van der Waals surface area contributed by atoms with Crippen LogP contribution < -0.4 is 20.3 Å². The zero-order chi connectivity index (χ0) is 30.2. The minimum absolute atomic E-state index is 0.0143. The first kappa shape index (κ1) is 27.5. The lowest BCUT2D eigenvalue weighted by Gasteiger charge is -2.49. The molecule has 2 bridgehead atoms. The fourth-order valence-corrected chi connectivity index (χ4v) is 7.33. The molecule has 1 saturated carbocycles. The van der Waals surface area contributed by atoms with Gasteiger partial charge in [-0.1, -0.05) is 29.8 Å². The molecule has 0 radical (unpaired) electrons. The number of allylic oxidation sites excluding steroid dienone is 1. The third-order valence-electron chi connectivity index (χ3n) is 8.75. The van der Waals surface area contributed by atoms with Gasteiger partial charge in [0.2, 0.25) is 23.6 Å². The molecule has 3 fully saturated rings. The highest BCUT2D eigenvalue weighted by molar-refractivity contribution is 6.28. The van der Waals surface area contributed by atoms with Gasteiger partial charge in [-0.05, 0) is 38.1 Å². The van der Waals surface area contributed by atoms with E-state index in [0.717, 1.165) is 9.80 Å². The molecule has 0 aromatic heterocycles. The summed E-state index contributed by atoms with van der Waals surface area (Å²) in [6, 6.07) is 10.8. The van der Waals surface area contributed by atoms with Gasteiger partial charge >= 0.3 is 5.97 Å². The lowest BCUT2D eigenvalue weighted by Crippen LogP contribution is -2.55. The van der Waals surface area contributed by atoms with Crippen molar-refractivity contribution in [3.05, 3.63) is 70.1 Å². The third-order valence-corrected chi connectivity index (χ3v) is 8.75. The molecule has 218 valence electrons. The summed E-state index contributed by atoms with van der Waals surface area (Å²) in [6.07, 6.45) is 0. The van der Waals surface area contributed by atoms with E-state index in [2.05, 4.69) is 0 Å². The molecule has 2 unspecified atom stereocenters. The van der Waals surface area contributed by atoms with Crippen molar-refractivity contribution in [2.24, 2.45) is 35.5 Å². The standard InChI is InChI=1S/C28H24N4O10/c1-3-42-28(37)18-12(2)17-20-22(26(35)29(24(20)33)13-8-4-6-10-15(13)31(38)39)19(18)23-21(17)25(34)30(27(23)36)14-9-5-7-11-16(14)32(40)41/h4-11,17,19-23,38,40H,3H2,1-2H3/q-2/t17?,19?,20-,21+,22+,23-. The number of carbonyl (C=O) groups excluding carboxylic acids is 5. The van der Waals surface area contributed by atoms with Crippen LogP contribution in [-0.2, 0) is 28.7 Å². The maximum absolute atomic E-state index is 14.1. The SMILES string of the molecule is CCOC(=O)C1=C(C)C2[C@H]3C(=O)N(c4ccccc4N([O-])O)C(=O)[C@H]3C1[C@H]1C(=O)N(c3ccccc3N([O-])O)C(=O)[C@@H]21. The van der Waals surface area contributed by atoms with Gasteiger partial charge in [-0.3, -0.25) is 29.6 Å². The van der Waals surface area contributed by atoms with Crippen LogP contribution in [0.3, 0.4) is 0 Å². The fraction of sp³-hybridized carbons (Fsp3) is 0.321. The van der Waals surface area contributed by atoms with Gasteiger partial charge in [0.05, 0.1) is 53.0 Å². The fourth-order valence-electron chi connectivity index (χ4n) is 7.33. The summed E-state index contributed by atoms with van der Waals surface area (Å²) in [6.45, 7) is 3.12. The van der Waals surface area contributed by atoms with E-state index in [4.69, 9.17) is 4.74 Å². The molecule has 2 aromatic rings. The molecule has 2 heterocycles. The number of benzene rings is 2. The van der Waals surface area contributed by atoms with Crippen molar-refractivity contribution in [1.82, 2.24) is 0 Å². The molecular formula is C28H24N4O10-2. The molecule has 7 rings (SSSR count). The highest BCUT2D eigenvalue weighted by atomic mass is 16.8. The van der Waals surface area contributed by atoms with Gasteiger partial charge in [-0.15, -0.1) is 0 Å². The number of carbonyl (C=O) groups is 5. The zero-order valence-corrected chi connectivity index (χ0v) is 22.2. The number of hydrogen-bond acceptors (Lipinski definition) is 12. The molecule has 6 atom stereocenters. The molecular weight excluding hydrogens is 552 g/mol. The first-order valence-electron chi connectivity index (χ1n) is 13.2. The van der Waals surface area contributed by atoms with Gasteiger partial charge in [0.1, 0.15) is 0 Å². The number of esters is 1. The maximum atomic E-state index is 14.1. The molecule has 2 N–H and O–H groups in total. The molecule has 14 heteroatoms. The van der Waals surface area contributed by atoms with Crippen LogP contribution in [0.1, 0.15) is 13.8 Å². The summed E-state index contributed by atoms with van der Waals surface area (Å²) < 4.78 is 5.27. The van der Waals surface area contributed by atoms with Gasteiger partial charge in [0.15, 0.2) is 0 Å². The minimum Gasteiger partial charge on any atom is -0.733 e. The number of para-hydroxylation sites is 4. The second kappa shape index (κ2) is 9.73. The van der Waals surface area contributed by atoms with E-state index in [0.29, 0.717) is 5.57 Å². The van der Waals surface area contributed by atoms with E-state index in [-0.39, 0.29) is 34.9 Å². The Kier molecular flexibility index (Phi) is 6.38. The van der Waals surface area contributed by atoms with Crippen molar-refractivity contribution >= 4 is 52.3 Å². The van der Waals surface area contributed by atoms with E-state index in [9.17, 15) is 44.8 Å². The molecule has 2 saturated heterocycles. The van der Waals surface area contributed by atoms with Crippen molar-refractivity contribution in [2.75, 3.05) is 26.9 Å². The van der Waals surface area contributed by atoms with Crippen LogP contribution in [0, 0.1) is 45.9 Å². The van der Waals surface area contributed by atoms with Crippen LogP contribution in [0.5, 0.6) is 0 Å². The summed E-state index contributed by atoms with van der Waals surface area (Å²) in [5, 5.41) is 42.1. The zero-order valence-electron chi connectivity index (χ0n) is 22.2. The second-order valence-electron chi connectivity index (χ2n) is 10.5. The Labute approximate surface area is 238 Å². The highest BCUT2D eigenvalue weighted by Crippen LogP contribution is 2.63. The molecule has 2 aromatic carbocycles. The van der Waals surface area contributed by atoms with Crippen LogP contribution in [0.25, 0.3) is 0 Å². The summed E-state index contributed by atoms with van der Waals surface area (Å²) in [7, 11) is 0. The minimum atomic E-state index is -1.26. The van der Waals surface area contributed by atoms with Crippen molar-refractivity contribution < 1.29 is 39.1 Å². The van der Waals surface area contributed by atoms with Crippen LogP contribution >= 0.6 is 0 Å². The van der Waals surface area contributed by atoms with Gasteiger partial charge in [-0.25, -0.2) is 14.6 Å². The van der Waals surface area contributed by atoms with E-state index in [1.807, 2.05) is 0 Å². The Bertz CT molecular complexity index is 1490. The molecule has 3 aliphatic carbocycles. The Balaban J connectivity index is 1.52.